The lowest BCUT2D eigenvalue weighted by Gasteiger charge is -2.45. The van der Waals surface area contributed by atoms with Gasteiger partial charge in [-0.1, -0.05) is 0 Å². The molecule has 0 bridgehead atoms. The number of rotatable bonds is 3. The van der Waals surface area contributed by atoms with Crippen LogP contribution in [0.2, 0.25) is 0 Å². The van der Waals surface area contributed by atoms with Crippen molar-refractivity contribution in [2.75, 3.05) is 6.61 Å². The average molecular weight is 325 g/mol. The summed E-state index contributed by atoms with van der Waals surface area (Å²) in [5.41, 5.74) is 5.76. The highest BCUT2D eigenvalue weighted by Crippen LogP contribution is 2.27. The Kier molecular flexibility index (Phi) is 5.72. The SMILES string of the molecule is C[C@@H]1O[C@@H](O[C@@H]2[C@@H](N)[C@H](O)[C@@H](CO)O[C@H]2O)[C@@H](O)[C@H](O)[C@@H]1O. The van der Waals surface area contributed by atoms with Crippen LogP contribution in [0.25, 0.3) is 0 Å². The van der Waals surface area contributed by atoms with Gasteiger partial charge < -0.3 is 50.6 Å². The van der Waals surface area contributed by atoms with Crippen molar-refractivity contribution < 1.29 is 44.8 Å². The van der Waals surface area contributed by atoms with Gasteiger partial charge in [-0.15, -0.1) is 0 Å². The van der Waals surface area contributed by atoms with E-state index in [0.29, 0.717) is 0 Å². The normalized spacial score (nSPS) is 53.5. The first-order valence-electron chi connectivity index (χ1n) is 7.01. The van der Waals surface area contributed by atoms with Gasteiger partial charge in [0.1, 0.15) is 36.6 Å². The van der Waals surface area contributed by atoms with E-state index >= 15 is 0 Å². The van der Waals surface area contributed by atoms with E-state index in [9.17, 15) is 25.5 Å². The second-order valence-electron chi connectivity index (χ2n) is 5.60. The maximum atomic E-state index is 9.87. The molecular weight excluding hydrogens is 302 g/mol. The summed E-state index contributed by atoms with van der Waals surface area (Å²) in [7, 11) is 0. The van der Waals surface area contributed by atoms with E-state index in [1.165, 1.54) is 6.92 Å². The van der Waals surface area contributed by atoms with Crippen LogP contribution < -0.4 is 5.73 Å². The Morgan fingerprint density at radius 1 is 0.955 bits per heavy atom. The van der Waals surface area contributed by atoms with Gasteiger partial charge in [-0.3, -0.25) is 0 Å². The molecule has 2 aliphatic heterocycles. The van der Waals surface area contributed by atoms with Gasteiger partial charge in [0.2, 0.25) is 0 Å². The van der Waals surface area contributed by atoms with E-state index < -0.39 is 68.0 Å². The molecule has 0 aromatic carbocycles. The monoisotopic (exact) mass is 325 g/mol. The number of aliphatic hydroxyl groups excluding tert-OH is 6. The number of nitrogens with two attached hydrogens (primary N) is 1. The van der Waals surface area contributed by atoms with Gasteiger partial charge in [0.25, 0.3) is 0 Å². The van der Waals surface area contributed by atoms with Gasteiger partial charge in [-0.25, -0.2) is 0 Å². The predicted octanol–water partition coefficient (Wildman–Crippen LogP) is -4.40. The van der Waals surface area contributed by atoms with Gasteiger partial charge in [0, 0.05) is 0 Å². The first-order valence-corrected chi connectivity index (χ1v) is 7.01. The van der Waals surface area contributed by atoms with Gasteiger partial charge in [0.05, 0.1) is 18.8 Å². The van der Waals surface area contributed by atoms with Crippen LogP contribution in [-0.2, 0) is 14.2 Å². The van der Waals surface area contributed by atoms with Gasteiger partial charge in [-0.2, -0.15) is 0 Å². The summed E-state index contributed by atoms with van der Waals surface area (Å²) in [6.07, 6.45) is -11.7. The Morgan fingerprint density at radius 3 is 2.18 bits per heavy atom. The van der Waals surface area contributed by atoms with Crippen LogP contribution in [0.15, 0.2) is 0 Å². The summed E-state index contributed by atoms with van der Waals surface area (Å²) in [4.78, 5) is 0. The molecule has 0 saturated carbocycles. The predicted molar refractivity (Wildman–Crippen MR) is 69.2 cm³/mol. The van der Waals surface area contributed by atoms with Crippen LogP contribution in [-0.4, -0.2) is 98.6 Å². The van der Waals surface area contributed by atoms with Crippen molar-refractivity contribution in [3.05, 3.63) is 0 Å². The zero-order valence-electron chi connectivity index (χ0n) is 12.0. The van der Waals surface area contributed by atoms with E-state index in [2.05, 4.69) is 0 Å². The Hall–Kier alpha value is -0.400. The molecule has 2 rings (SSSR count). The maximum absolute atomic E-state index is 9.87. The minimum Gasteiger partial charge on any atom is -0.394 e. The first-order chi connectivity index (χ1) is 10.3. The molecule has 0 unspecified atom stereocenters. The van der Waals surface area contributed by atoms with Crippen molar-refractivity contribution in [1.82, 2.24) is 0 Å². The molecule has 10 nitrogen and oxygen atoms in total. The summed E-state index contributed by atoms with van der Waals surface area (Å²) in [5.74, 6) is 0. The second kappa shape index (κ2) is 7.01. The Bertz CT molecular complexity index is 373. The van der Waals surface area contributed by atoms with Crippen molar-refractivity contribution in [2.24, 2.45) is 5.73 Å². The smallest absolute Gasteiger partial charge is 0.187 e. The molecule has 0 aromatic heterocycles. The third kappa shape index (κ3) is 3.26. The average Bonchev–Trinajstić information content (AvgIpc) is 2.49. The number of ether oxygens (including phenoxy) is 3. The molecule has 2 saturated heterocycles. The molecule has 0 spiro atoms. The topological polar surface area (TPSA) is 175 Å². The third-order valence-electron chi connectivity index (χ3n) is 4.03. The molecule has 0 amide bonds. The number of hydrogen-bond acceptors (Lipinski definition) is 10. The molecule has 0 aliphatic carbocycles. The van der Waals surface area contributed by atoms with Gasteiger partial charge in [-0.05, 0) is 6.92 Å². The first kappa shape index (κ1) is 17.9. The maximum Gasteiger partial charge on any atom is 0.187 e. The molecule has 8 N–H and O–H groups in total. The van der Waals surface area contributed by atoms with Crippen LogP contribution in [0, 0.1) is 0 Å². The Morgan fingerprint density at radius 2 is 1.59 bits per heavy atom. The highest BCUT2D eigenvalue weighted by Gasteiger charge is 2.48. The molecule has 22 heavy (non-hydrogen) atoms. The van der Waals surface area contributed by atoms with E-state index in [0.717, 1.165) is 0 Å². The summed E-state index contributed by atoms with van der Waals surface area (Å²) in [6.45, 7) is 0.934. The van der Waals surface area contributed by atoms with E-state index in [1.54, 1.807) is 0 Å². The van der Waals surface area contributed by atoms with Crippen LogP contribution in [0.1, 0.15) is 6.92 Å². The summed E-state index contributed by atoms with van der Waals surface area (Å²) in [5, 5.41) is 57.9. The highest BCUT2D eigenvalue weighted by atomic mass is 16.7. The van der Waals surface area contributed by atoms with E-state index in [-0.39, 0.29) is 0 Å². The van der Waals surface area contributed by atoms with Crippen molar-refractivity contribution in [3.8, 4) is 0 Å². The minimum absolute atomic E-state index is 0.539. The van der Waals surface area contributed by atoms with Crippen molar-refractivity contribution in [1.29, 1.82) is 0 Å². The highest BCUT2D eigenvalue weighted by molar-refractivity contribution is 4.94. The Labute approximate surface area is 126 Å². The fraction of sp³-hybridized carbons (Fsp3) is 1.00. The molecule has 2 aliphatic rings. The largest absolute Gasteiger partial charge is 0.394 e. The van der Waals surface area contributed by atoms with Crippen molar-refractivity contribution >= 4 is 0 Å². The van der Waals surface area contributed by atoms with Crippen LogP contribution in [0.3, 0.4) is 0 Å². The number of aliphatic hydroxyl groups is 6. The standard InChI is InChI=1S/C12H23NO9/c1-3-6(15)8(17)9(18)12(20-3)22-10-5(13)7(16)4(2-14)21-11(10)19/h3-12,14-19H,2,13H2,1H3/t3-,4+,5-,6+,7+,8+,9-,10+,11+,12-/m0/s1. The molecule has 10 heteroatoms. The lowest BCUT2D eigenvalue weighted by molar-refractivity contribution is -0.344. The van der Waals surface area contributed by atoms with Crippen LogP contribution in [0.4, 0.5) is 0 Å². The van der Waals surface area contributed by atoms with Gasteiger partial charge >= 0.3 is 0 Å². The molecule has 10 atom stereocenters. The van der Waals surface area contributed by atoms with Crippen LogP contribution >= 0.6 is 0 Å². The molecule has 130 valence electrons. The lowest BCUT2D eigenvalue weighted by atomic mass is 9.96. The zero-order chi connectivity index (χ0) is 16.6. The minimum atomic E-state index is -1.57. The fourth-order valence-electron chi connectivity index (χ4n) is 2.56. The van der Waals surface area contributed by atoms with Gasteiger partial charge in [0.15, 0.2) is 12.6 Å². The second-order valence-corrected chi connectivity index (χ2v) is 5.60. The number of hydrogen-bond donors (Lipinski definition) is 7. The quantitative estimate of drug-likeness (QED) is 0.268. The van der Waals surface area contributed by atoms with E-state index in [4.69, 9.17) is 25.1 Å². The molecule has 2 fully saturated rings. The summed E-state index contributed by atoms with van der Waals surface area (Å²) in [6, 6.07) is -1.11. The third-order valence-corrected chi connectivity index (χ3v) is 4.03. The summed E-state index contributed by atoms with van der Waals surface area (Å²) >= 11 is 0. The molecule has 0 radical (unpaired) electrons. The van der Waals surface area contributed by atoms with Crippen LogP contribution in [0.5, 0.6) is 0 Å². The van der Waals surface area contributed by atoms with Crippen molar-refractivity contribution in [2.45, 2.75) is 68.3 Å². The Balaban J connectivity index is 2.06. The zero-order valence-corrected chi connectivity index (χ0v) is 12.0. The molecule has 2 heterocycles. The molecular formula is C12H23NO9. The van der Waals surface area contributed by atoms with Crippen molar-refractivity contribution in [3.63, 3.8) is 0 Å². The van der Waals surface area contributed by atoms with E-state index in [1.807, 2.05) is 0 Å². The lowest BCUT2D eigenvalue weighted by Crippen LogP contribution is -2.65. The summed E-state index contributed by atoms with van der Waals surface area (Å²) < 4.78 is 15.6. The fourth-order valence-corrected chi connectivity index (χ4v) is 2.56. The molecule has 0 aromatic rings.